The van der Waals surface area contributed by atoms with Crippen LogP contribution in [-0.4, -0.2) is 42.9 Å². The van der Waals surface area contributed by atoms with Gasteiger partial charge in [-0.25, -0.2) is 0 Å². The van der Waals surface area contributed by atoms with Crippen molar-refractivity contribution >= 4 is 5.52 Å². The van der Waals surface area contributed by atoms with Gasteiger partial charge in [-0.15, -0.1) is 0 Å². The maximum absolute atomic E-state index is 10.9. The molecule has 0 aliphatic carbocycles. The number of nitrogens with one attached hydrogen (secondary N) is 1. The molecule has 7 nitrogen and oxygen atoms in total. The lowest BCUT2D eigenvalue weighted by Gasteiger charge is -2.37. The fourth-order valence-corrected chi connectivity index (χ4v) is 3.56. The Morgan fingerprint density at radius 3 is 3.12 bits per heavy atom. The van der Waals surface area contributed by atoms with Crippen LogP contribution in [0.3, 0.4) is 0 Å². The van der Waals surface area contributed by atoms with Crippen LogP contribution in [0.25, 0.3) is 5.52 Å². The highest BCUT2D eigenvalue weighted by Gasteiger charge is 2.37. The third kappa shape index (κ3) is 2.46. The van der Waals surface area contributed by atoms with Gasteiger partial charge in [0.25, 0.3) is 0 Å². The minimum atomic E-state index is -0.989. The van der Waals surface area contributed by atoms with Gasteiger partial charge in [-0.1, -0.05) is 6.07 Å². The summed E-state index contributed by atoms with van der Waals surface area (Å²) < 4.78 is 1.97. The average Bonchev–Trinajstić information content (AvgIpc) is 3.23. The Morgan fingerprint density at radius 1 is 1.42 bits per heavy atom. The van der Waals surface area contributed by atoms with Gasteiger partial charge in [0.15, 0.2) is 0 Å². The number of H-pyrrole nitrogens is 1. The fraction of sp³-hybridized carbons (Fsp3) is 0.353. The first-order valence-corrected chi connectivity index (χ1v) is 7.99. The molecule has 0 aromatic carbocycles. The van der Waals surface area contributed by atoms with Gasteiger partial charge in [-0.2, -0.15) is 20.7 Å². The summed E-state index contributed by atoms with van der Waals surface area (Å²) >= 11 is 0. The number of hydrogen-bond acceptors (Lipinski definition) is 5. The molecule has 1 fully saturated rings. The van der Waals surface area contributed by atoms with Crippen LogP contribution in [0.1, 0.15) is 29.7 Å². The maximum Gasteiger partial charge on any atom is 0.123 e. The van der Waals surface area contributed by atoms with Crippen LogP contribution in [0.4, 0.5) is 0 Å². The Hall–Kier alpha value is -2.69. The van der Waals surface area contributed by atoms with Crippen molar-refractivity contribution in [3.05, 3.63) is 53.6 Å². The van der Waals surface area contributed by atoms with Gasteiger partial charge in [-0.3, -0.25) is 4.90 Å². The molecule has 4 heterocycles. The zero-order chi connectivity index (χ0) is 16.6. The smallest absolute Gasteiger partial charge is 0.123 e. The molecule has 1 aliphatic heterocycles. The molecule has 0 unspecified atom stereocenters. The van der Waals surface area contributed by atoms with E-state index in [2.05, 4.69) is 26.4 Å². The molecular formula is C17H18N6O. The highest BCUT2D eigenvalue weighted by atomic mass is 16.3. The number of β-amino-alcohol motifs (C(OH)–C–C–N with tert-alkyl or cyclic N) is 1. The van der Waals surface area contributed by atoms with E-state index in [9.17, 15) is 10.4 Å². The van der Waals surface area contributed by atoms with Crippen molar-refractivity contribution in [2.24, 2.45) is 0 Å². The first kappa shape index (κ1) is 14.9. The summed E-state index contributed by atoms with van der Waals surface area (Å²) in [6.07, 6.45) is 7.06. The van der Waals surface area contributed by atoms with E-state index in [4.69, 9.17) is 0 Å². The Morgan fingerprint density at radius 2 is 2.33 bits per heavy atom. The van der Waals surface area contributed by atoms with Crippen molar-refractivity contribution in [2.75, 3.05) is 13.1 Å². The molecule has 0 bridgehead atoms. The van der Waals surface area contributed by atoms with E-state index in [1.807, 2.05) is 35.0 Å². The van der Waals surface area contributed by atoms with Crippen molar-refractivity contribution in [3.8, 4) is 6.07 Å². The summed E-state index contributed by atoms with van der Waals surface area (Å²) in [5, 5.41) is 30.9. The Labute approximate surface area is 139 Å². The molecule has 0 spiro atoms. The zero-order valence-electron chi connectivity index (χ0n) is 13.2. The molecule has 122 valence electrons. The van der Waals surface area contributed by atoms with Crippen LogP contribution in [0.15, 0.2) is 36.8 Å². The van der Waals surface area contributed by atoms with Crippen LogP contribution < -0.4 is 0 Å². The third-order valence-electron chi connectivity index (χ3n) is 4.71. The van der Waals surface area contributed by atoms with E-state index in [1.54, 1.807) is 6.20 Å². The summed E-state index contributed by atoms with van der Waals surface area (Å²) in [4.78, 5) is 2.17. The van der Waals surface area contributed by atoms with Crippen molar-refractivity contribution in [1.82, 2.24) is 24.7 Å². The number of rotatable bonds is 3. The van der Waals surface area contributed by atoms with Crippen molar-refractivity contribution in [1.29, 1.82) is 5.26 Å². The number of nitriles is 1. The summed E-state index contributed by atoms with van der Waals surface area (Å²) in [6, 6.07) is 8.15. The molecule has 0 radical (unpaired) electrons. The van der Waals surface area contributed by atoms with Crippen LogP contribution >= 0.6 is 0 Å². The Bertz CT molecular complexity index is 894. The van der Waals surface area contributed by atoms with E-state index >= 15 is 0 Å². The lowest BCUT2D eigenvalue weighted by molar-refractivity contribution is -0.0414. The van der Waals surface area contributed by atoms with Crippen LogP contribution in [0, 0.1) is 11.3 Å². The van der Waals surface area contributed by atoms with Gasteiger partial charge in [0.1, 0.15) is 17.4 Å². The molecule has 1 aliphatic rings. The van der Waals surface area contributed by atoms with Crippen molar-refractivity contribution < 1.29 is 5.11 Å². The van der Waals surface area contributed by atoms with E-state index in [-0.39, 0.29) is 0 Å². The van der Waals surface area contributed by atoms with E-state index in [1.165, 1.54) is 0 Å². The standard InChI is InChI=1S/C17H18N6O/c18-8-14-13(11-23-7-2-1-4-15(14)23)10-22-6-3-5-17(24,12-22)16-9-19-21-20-16/h1-2,4,7,9,11,24H,3,5-6,10,12H2,(H,19,20,21)/t17-/m0/s1. The van der Waals surface area contributed by atoms with Gasteiger partial charge in [-0.05, 0) is 31.5 Å². The molecule has 7 heteroatoms. The largest absolute Gasteiger partial charge is 0.382 e. The Kier molecular flexibility index (Phi) is 3.56. The molecule has 0 amide bonds. The summed E-state index contributed by atoms with van der Waals surface area (Å²) in [7, 11) is 0. The highest BCUT2D eigenvalue weighted by molar-refractivity contribution is 5.65. The topological polar surface area (TPSA) is 93.2 Å². The molecule has 0 saturated carbocycles. The van der Waals surface area contributed by atoms with E-state index in [0.717, 1.165) is 24.0 Å². The lowest BCUT2D eigenvalue weighted by atomic mass is 9.90. The van der Waals surface area contributed by atoms with Gasteiger partial charge >= 0.3 is 0 Å². The highest BCUT2D eigenvalue weighted by Crippen LogP contribution is 2.31. The number of nitrogens with zero attached hydrogens (tertiary/aromatic N) is 5. The van der Waals surface area contributed by atoms with E-state index < -0.39 is 5.60 Å². The first-order chi connectivity index (χ1) is 11.7. The molecule has 4 rings (SSSR count). The number of aliphatic hydroxyl groups is 1. The summed E-state index contributed by atoms with van der Waals surface area (Å²) in [5.41, 5.74) is 2.18. The summed E-state index contributed by atoms with van der Waals surface area (Å²) in [6.45, 7) is 2.00. The third-order valence-corrected chi connectivity index (χ3v) is 4.71. The van der Waals surface area contributed by atoms with Gasteiger partial charge in [0.2, 0.25) is 0 Å². The molecule has 24 heavy (non-hydrogen) atoms. The van der Waals surface area contributed by atoms with Crippen LogP contribution in [0.2, 0.25) is 0 Å². The minimum Gasteiger partial charge on any atom is -0.382 e. The van der Waals surface area contributed by atoms with Gasteiger partial charge in [0.05, 0.1) is 17.3 Å². The number of piperidine rings is 1. The van der Waals surface area contributed by atoms with Crippen LogP contribution in [0.5, 0.6) is 0 Å². The van der Waals surface area contributed by atoms with Crippen LogP contribution in [-0.2, 0) is 12.1 Å². The maximum atomic E-state index is 10.9. The zero-order valence-corrected chi connectivity index (χ0v) is 13.2. The quantitative estimate of drug-likeness (QED) is 0.760. The number of aromatic nitrogens is 4. The monoisotopic (exact) mass is 322 g/mol. The lowest BCUT2D eigenvalue weighted by Crippen LogP contribution is -2.45. The Balaban J connectivity index is 1.61. The van der Waals surface area contributed by atoms with Gasteiger partial charge < -0.3 is 9.51 Å². The number of aromatic amines is 1. The average molecular weight is 322 g/mol. The fourth-order valence-electron chi connectivity index (χ4n) is 3.56. The number of fused-ring (bicyclic) bond motifs is 1. The molecule has 1 saturated heterocycles. The number of pyridine rings is 1. The normalized spacial score (nSPS) is 21.8. The predicted molar refractivity (Wildman–Crippen MR) is 86.9 cm³/mol. The summed E-state index contributed by atoms with van der Waals surface area (Å²) in [5.74, 6) is 0. The SMILES string of the molecule is N#Cc1c(CN2CCC[C@@](O)(c3cn[nH]n3)C2)cn2ccccc12. The number of hydrogen-bond donors (Lipinski definition) is 2. The second kappa shape index (κ2) is 5.74. The van der Waals surface area contributed by atoms with Crippen molar-refractivity contribution in [2.45, 2.75) is 25.0 Å². The number of likely N-dealkylation sites (tertiary alicyclic amines) is 1. The second-order valence-electron chi connectivity index (χ2n) is 6.34. The minimum absolute atomic E-state index is 0.483. The van der Waals surface area contributed by atoms with Gasteiger partial charge in [0, 0.05) is 31.0 Å². The predicted octanol–water partition coefficient (Wildman–Crippen LogP) is 1.41. The molecule has 2 N–H and O–H groups in total. The van der Waals surface area contributed by atoms with E-state index in [0.29, 0.717) is 30.8 Å². The molecular weight excluding hydrogens is 304 g/mol. The second-order valence-corrected chi connectivity index (χ2v) is 6.34. The molecule has 1 atom stereocenters. The van der Waals surface area contributed by atoms with Crippen molar-refractivity contribution in [3.63, 3.8) is 0 Å². The molecule has 3 aromatic rings. The first-order valence-electron chi connectivity index (χ1n) is 7.99. The molecule has 3 aromatic heterocycles.